The molecule has 0 radical (unpaired) electrons. The quantitative estimate of drug-likeness (QED) is 0.330. The molecule has 2 aliphatic carbocycles. The SMILES string of the molecule is CCCCC(F)(F)C(=O)/C=C/C1C(O)CC2C/C(=C\CCCC(=O)O)CC21. The molecule has 0 bridgehead atoms. The van der Waals surface area contributed by atoms with Crippen LogP contribution in [0.4, 0.5) is 8.78 Å². The Morgan fingerprint density at radius 1 is 1.26 bits per heavy atom. The van der Waals surface area contributed by atoms with Crippen LogP contribution in [-0.4, -0.2) is 34.0 Å². The summed E-state index contributed by atoms with van der Waals surface area (Å²) >= 11 is 0. The third-order valence-corrected chi connectivity index (χ3v) is 5.81. The Morgan fingerprint density at radius 2 is 2.00 bits per heavy atom. The van der Waals surface area contributed by atoms with Crippen molar-refractivity contribution in [3.05, 3.63) is 23.8 Å². The van der Waals surface area contributed by atoms with Crippen molar-refractivity contribution >= 4 is 11.8 Å². The maximum absolute atomic E-state index is 13.8. The molecule has 152 valence electrons. The first-order valence-electron chi connectivity index (χ1n) is 9.92. The monoisotopic (exact) mass is 384 g/mol. The van der Waals surface area contributed by atoms with Gasteiger partial charge in [-0.3, -0.25) is 9.59 Å². The number of unbranched alkanes of at least 4 members (excludes halogenated alkanes) is 2. The van der Waals surface area contributed by atoms with Crippen LogP contribution in [0.3, 0.4) is 0 Å². The van der Waals surface area contributed by atoms with Crippen molar-refractivity contribution < 1.29 is 28.6 Å². The minimum Gasteiger partial charge on any atom is -0.481 e. The number of aliphatic hydroxyl groups excluding tert-OH is 1. The minimum absolute atomic E-state index is 0.148. The predicted octanol–water partition coefficient (Wildman–Crippen LogP) is 4.53. The summed E-state index contributed by atoms with van der Waals surface area (Å²) in [7, 11) is 0. The smallest absolute Gasteiger partial charge is 0.309 e. The molecular weight excluding hydrogens is 354 g/mol. The fourth-order valence-corrected chi connectivity index (χ4v) is 4.34. The summed E-state index contributed by atoms with van der Waals surface area (Å²) in [6, 6.07) is 0. The number of rotatable bonds is 10. The van der Waals surface area contributed by atoms with Gasteiger partial charge in [-0.25, -0.2) is 0 Å². The lowest BCUT2D eigenvalue weighted by molar-refractivity contribution is -0.138. The van der Waals surface area contributed by atoms with Crippen LogP contribution < -0.4 is 0 Å². The average Bonchev–Trinajstić information content (AvgIpc) is 3.11. The van der Waals surface area contributed by atoms with Crippen molar-refractivity contribution in [1.29, 1.82) is 0 Å². The molecule has 2 fully saturated rings. The van der Waals surface area contributed by atoms with Crippen molar-refractivity contribution in [2.24, 2.45) is 17.8 Å². The first kappa shape index (κ1) is 21.7. The first-order chi connectivity index (χ1) is 12.7. The largest absolute Gasteiger partial charge is 0.481 e. The van der Waals surface area contributed by atoms with E-state index < -0.39 is 30.2 Å². The number of carbonyl (C=O) groups excluding carboxylic acids is 1. The molecule has 4 unspecified atom stereocenters. The topological polar surface area (TPSA) is 74.6 Å². The highest BCUT2D eigenvalue weighted by molar-refractivity contribution is 5.95. The lowest BCUT2D eigenvalue weighted by Crippen LogP contribution is -2.27. The van der Waals surface area contributed by atoms with Crippen molar-refractivity contribution in [2.75, 3.05) is 0 Å². The number of hydrogen-bond acceptors (Lipinski definition) is 3. The Hall–Kier alpha value is -1.56. The van der Waals surface area contributed by atoms with E-state index in [-0.39, 0.29) is 18.3 Å². The molecule has 0 aromatic carbocycles. The van der Waals surface area contributed by atoms with E-state index in [4.69, 9.17) is 5.11 Å². The lowest BCUT2D eigenvalue weighted by atomic mass is 9.90. The molecular formula is C21H30F2O4. The Kier molecular flexibility index (Phi) is 7.71. The van der Waals surface area contributed by atoms with Gasteiger partial charge in [0.2, 0.25) is 5.78 Å². The second kappa shape index (κ2) is 9.58. The third-order valence-electron chi connectivity index (χ3n) is 5.81. The zero-order valence-corrected chi connectivity index (χ0v) is 15.9. The van der Waals surface area contributed by atoms with Crippen LogP contribution in [0.5, 0.6) is 0 Å². The number of carbonyl (C=O) groups is 2. The van der Waals surface area contributed by atoms with Gasteiger partial charge in [0.05, 0.1) is 6.10 Å². The Labute approximate surface area is 159 Å². The van der Waals surface area contributed by atoms with E-state index in [0.717, 1.165) is 18.9 Å². The van der Waals surface area contributed by atoms with Gasteiger partial charge in [0.25, 0.3) is 0 Å². The van der Waals surface area contributed by atoms with Gasteiger partial charge in [-0.1, -0.05) is 31.1 Å². The number of alkyl halides is 2. The van der Waals surface area contributed by atoms with Crippen molar-refractivity contribution in [2.45, 2.75) is 76.7 Å². The molecule has 0 amide bonds. The maximum Gasteiger partial charge on any atom is 0.309 e. The van der Waals surface area contributed by atoms with Gasteiger partial charge in [0.1, 0.15) is 0 Å². The molecule has 2 saturated carbocycles. The fraction of sp³-hybridized carbons (Fsp3) is 0.714. The molecule has 4 nitrogen and oxygen atoms in total. The van der Waals surface area contributed by atoms with Crippen LogP contribution in [0.15, 0.2) is 23.8 Å². The number of aliphatic hydroxyl groups is 1. The number of ketones is 1. The molecule has 0 aromatic rings. The molecule has 0 spiro atoms. The number of aliphatic carboxylic acids is 1. The standard InChI is InChI=1S/C21H30F2O4/c1-2-3-10-21(22,23)19(25)9-8-16-17-12-14(6-4-5-7-20(26)27)11-15(17)13-18(16)24/h6,8-9,15-18,24H,2-5,7,10-13H2,1H3,(H,26,27)/b9-8+,14-6+. The van der Waals surface area contributed by atoms with Crippen molar-refractivity contribution in [3.8, 4) is 0 Å². The third kappa shape index (κ3) is 5.96. The molecule has 2 aliphatic rings. The van der Waals surface area contributed by atoms with Gasteiger partial charge >= 0.3 is 11.9 Å². The number of hydrogen-bond donors (Lipinski definition) is 2. The number of carboxylic acid groups (broad SMARTS) is 1. The highest BCUT2D eigenvalue weighted by Gasteiger charge is 2.45. The summed E-state index contributed by atoms with van der Waals surface area (Å²) in [6.45, 7) is 1.80. The number of allylic oxidation sites excluding steroid dienone is 3. The average molecular weight is 384 g/mol. The molecule has 0 heterocycles. The summed E-state index contributed by atoms with van der Waals surface area (Å²) in [5.41, 5.74) is 1.25. The van der Waals surface area contributed by atoms with Crippen LogP contribution in [0.1, 0.15) is 64.7 Å². The molecule has 4 atom stereocenters. The number of halogens is 2. The van der Waals surface area contributed by atoms with Crippen LogP contribution >= 0.6 is 0 Å². The minimum atomic E-state index is -3.33. The van der Waals surface area contributed by atoms with Gasteiger partial charge in [0, 0.05) is 18.8 Å². The molecule has 2 rings (SSSR count). The van der Waals surface area contributed by atoms with E-state index in [1.165, 1.54) is 11.6 Å². The van der Waals surface area contributed by atoms with E-state index in [1.54, 1.807) is 6.92 Å². The molecule has 0 aromatic heterocycles. The van der Waals surface area contributed by atoms with Crippen LogP contribution in [0.2, 0.25) is 0 Å². The molecule has 0 aliphatic heterocycles. The number of carboxylic acids is 1. The van der Waals surface area contributed by atoms with E-state index in [0.29, 0.717) is 38.0 Å². The molecule has 6 heteroatoms. The van der Waals surface area contributed by atoms with Gasteiger partial charge in [-0.05, 0) is 56.4 Å². The van der Waals surface area contributed by atoms with Crippen LogP contribution in [0, 0.1) is 17.8 Å². The first-order valence-corrected chi connectivity index (χ1v) is 9.92. The van der Waals surface area contributed by atoms with Crippen molar-refractivity contribution in [1.82, 2.24) is 0 Å². The highest BCUT2D eigenvalue weighted by atomic mass is 19.3. The molecule has 2 N–H and O–H groups in total. The summed E-state index contributed by atoms with van der Waals surface area (Å²) in [6.07, 6.45) is 8.15. The normalized spacial score (nSPS) is 29.6. The molecule has 0 saturated heterocycles. The summed E-state index contributed by atoms with van der Waals surface area (Å²) in [5, 5.41) is 19.0. The summed E-state index contributed by atoms with van der Waals surface area (Å²) < 4.78 is 27.6. The van der Waals surface area contributed by atoms with Gasteiger partial charge < -0.3 is 10.2 Å². The fourth-order valence-electron chi connectivity index (χ4n) is 4.34. The van der Waals surface area contributed by atoms with Gasteiger partial charge in [0.15, 0.2) is 0 Å². The second-order valence-corrected chi connectivity index (χ2v) is 7.89. The summed E-state index contributed by atoms with van der Waals surface area (Å²) in [5.74, 6) is -5.11. The highest BCUT2D eigenvalue weighted by Crippen LogP contribution is 2.50. The number of fused-ring (bicyclic) bond motifs is 1. The Balaban J connectivity index is 1.93. The van der Waals surface area contributed by atoms with Crippen molar-refractivity contribution in [3.63, 3.8) is 0 Å². The molecule has 27 heavy (non-hydrogen) atoms. The van der Waals surface area contributed by atoms with Gasteiger partial charge in [-0.2, -0.15) is 8.78 Å². The summed E-state index contributed by atoms with van der Waals surface area (Å²) in [4.78, 5) is 22.4. The van der Waals surface area contributed by atoms with Crippen LogP contribution in [0.25, 0.3) is 0 Å². The van der Waals surface area contributed by atoms with E-state index in [2.05, 4.69) is 6.08 Å². The predicted molar refractivity (Wildman–Crippen MR) is 98.5 cm³/mol. The van der Waals surface area contributed by atoms with E-state index >= 15 is 0 Å². The Bertz CT molecular complexity index is 597. The Morgan fingerprint density at radius 3 is 2.67 bits per heavy atom. The second-order valence-electron chi connectivity index (χ2n) is 7.89. The lowest BCUT2D eigenvalue weighted by Gasteiger charge is -2.18. The van der Waals surface area contributed by atoms with Crippen LogP contribution in [-0.2, 0) is 9.59 Å². The van der Waals surface area contributed by atoms with Gasteiger partial charge in [-0.15, -0.1) is 0 Å². The van der Waals surface area contributed by atoms with E-state index in [1.807, 2.05) is 0 Å². The zero-order valence-electron chi connectivity index (χ0n) is 15.9. The van der Waals surface area contributed by atoms with E-state index in [9.17, 15) is 23.5 Å². The maximum atomic E-state index is 13.8. The zero-order chi connectivity index (χ0) is 20.0.